The lowest BCUT2D eigenvalue weighted by atomic mass is 10.2. The molecule has 6 nitrogen and oxygen atoms in total. The number of pyridine rings is 1. The van der Waals surface area contributed by atoms with Gasteiger partial charge in [0.1, 0.15) is 5.69 Å². The fourth-order valence-electron chi connectivity index (χ4n) is 2.63. The Morgan fingerprint density at radius 1 is 1.17 bits per heavy atom. The van der Waals surface area contributed by atoms with Crippen molar-refractivity contribution < 1.29 is 0 Å². The number of para-hydroxylation sites is 2. The van der Waals surface area contributed by atoms with Crippen LogP contribution in [0.3, 0.4) is 0 Å². The highest BCUT2D eigenvalue weighted by molar-refractivity contribution is 5.84. The van der Waals surface area contributed by atoms with Gasteiger partial charge in [0, 0.05) is 25.1 Å². The highest BCUT2D eigenvalue weighted by atomic mass is 15.1. The van der Waals surface area contributed by atoms with Crippen LogP contribution in [0.2, 0.25) is 0 Å². The summed E-state index contributed by atoms with van der Waals surface area (Å²) in [6.45, 7) is 4.69. The van der Waals surface area contributed by atoms with Gasteiger partial charge in [-0.25, -0.2) is 9.97 Å². The number of nitrogen functional groups attached to an aromatic ring is 1. The summed E-state index contributed by atoms with van der Waals surface area (Å²) in [6, 6.07) is 11.8. The topological polar surface area (TPSA) is 81.1 Å². The van der Waals surface area contributed by atoms with Gasteiger partial charge in [-0.05, 0) is 23.8 Å². The average molecular weight is 316 g/mol. The van der Waals surface area contributed by atoms with Gasteiger partial charge in [0.25, 0.3) is 0 Å². The van der Waals surface area contributed by atoms with Crippen LogP contribution in [0.4, 0.5) is 5.82 Å². The van der Waals surface area contributed by atoms with E-state index in [1.807, 2.05) is 53.2 Å². The molecule has 0 saturated heterocycles. The second-order valence-electron chi connectivity index (χ2n) is 5.50. The van der Waals surface area contributed by atoms with Crippen molar-refractivity contribution in [1.82, 2.24) is 24.7 Å². The zero-order valence-electron chi connectivity index (χ0n) is 13.0. The summed E-state index contributed by atoms with van der Waals surface area (Å²) in [7, 11) is 0. The fourth-order valence-corrected chi connectivity index (χ4v) is 2.63. The second-order valence-corrected chi connectivity index (χ2v) is 5.50. The number of nitrogens with two attached hydrogens (primary N) is 1. The van der Waals surface area contributed by atoms with Crippen molar-refractivity contribution >= 4 is 28.2 Å². The smallest absolute Gasteiger partial charge is 0.180 e. The highest BCUT2D eigenvalue weighted by Crippen LogP contribution is 2.21. The molecule has 3 N–H and O–H groups in total. The summed E-state index contributed by atoms with van der Waals surface area (Å²) < 4.78 is 1.95. The van der Waals surface area contributed by atoms with Gasteiger partial charge in [-0.15, -0.1) is 0 Å². The standard InChI is InChI=1S/C18H16N6/c1-12(21-10-13-5-4-8-20-9-13)15-11-24-16-7-3-2-6-14(16)23-18(24)17(19)22-15/h2-9,11,21H,1,10H2,(H2,19,22). The Morgan fingerprint density at radius 2 is 2.04 bits per heavy atom. The van der Waals surface area contributed by atoms with E-state index in [2.05, 4.69) is 26.8 Å². The fraction of sp³-hybridized carbons (Fsp3) is 0.0556. The molecule has 0 atom stereocenters. The Hall–Kier alpha value is -3.41. The van der Waals surface area contributed by atoms with Gasteiger partial charge in [-0.3, -0.25) is 9.38 Å². The van der Waals surface area contributed by atoms with Gasteiger partial charge < -0.3 is 11.1 Å². The highest BCUT2D eigenvalue weighted by Gasteiger charge is 2.11. The van der Waals surface area contributed by atoms with E-state index in [1.165, 1.54) is 0 Å². The van der Waals surface area contributed by atoms with Crippen molar-refractivity contribution in [3.8, 4) is 0 Å². The van der Waals surface area contributed by atoms with E-state index in [0.717, 1.165) is 16.6 Å². The van der Waals surface area contributed by atoms with Crippen molar-refractivity contribution in [3.05, 3.63) is 72.8 Å². The maximum Gasteiger partial charge on any atom is 0.180 e. The summed E-state index contributed by atoms with van der Waals surface area (Å²) in [5, 5.41) is 3.26. The molecule has 1 aromatic carbocycles. The first-order chi connectivity index (χ1) is 11.7. The van der Waals surface area contributed by atoms with Crippen LogP contribution in [-0.2, 0) is 6.54 Å². The van der Waals surface area contributed by atoms with Crippen LogP contribution in [0.15, 0.2) is 61.6 Å². The molecule has 0 aliphatic rings. The molecule has 0 aliphatic carbocycles. The Kier molecular flexibility index (Phi) is 3.35. The Balaban J connectivity index is 1.68. The van der Waals surface area contributed by atoms with Gasteiger partial charge in [0.05, 0.1) is 16.7 Å². The summed E-state index contributed by atoms with van der Waals surface area (Å²) in [6.07, 6.45) is 5.47. The van der Waals surface area contributed by atoms with Crippen LogP contribution in [0.5, 0.6) is 0 Å². The maximum atomic E-state index is 6.09. The zero-order chi connectivity index (χ0) is 16.5. The van der Waals surface area contributed by atoms with E-state index >= 15 is 0 Å². The number of rotatable bonds is 4. The minimum absolute atomic E-state index is 0.382. The predicted molar refractivity (Wildman–Crippen MR) is 95.0 cm³/mol. The summed E-state index contributed by atoms with van der Waals surface area (Å²) in [5.74, 6) is 0.382. The molecule has 3 heterocycles. The first kappa shape index (κ1) is 14.2. The van der Waals surface area contributed by atoms with E-state index in [4.69, 9.17) is 5.73 Å². The number of nitrogens with one attached hydrogen (secondary N) is 1. The minimum Gasteiger partial charge on any atom is -0.381 e. The first-order valence-electron chi connectivity index (χ1n) is 7.58. The van der Waals surface area contributed by atoms with Gasteiger partial charge in [0.15, 0.2) is 11.5 Å². The van der Waals surface area contributed by atoms with Crippen molar-refractivity contribution in [2.75, 3.05) is 5.73 Å². The van der Waals surface area contributed by atoms with E-state index in [1.54, 1.807) is 6.20 Å². The van der Waals surface area contributed by atoms with Crippen molar-refractivity contribution in [1.29, 1.82) is 0 Å². The summed E-state index contributed by atoms with van der Waals surface area (Å²) >= 11 is 0. The lowest BCUT2D eigenvalue weighted by Gasteiger charge is -2.10. The number of nitrogens with zero attached hydrogens (tertiary/aromatic N) is 4. The molecule has 0 aliphatic heterocycles. The molecular weight excluding hydrogens is 300 g/mol. The van der Waals surface area contributed by atoms with Gasteiger partial charge in [-0.2, -0.15) is 0 Å². The number of aromatic nitrogens is 4. The number of imidazole rings is 1. The SMILES string of the molecule is C=C(NCc1cccnc1)c1cn2c(nc3ccccc32)c(N)n1. The normalized spacial score (nSPS) is 11.0. The quantitative estimate of drug-likeness (QED) is 0.605. The molecule has 0 fully saturated rings. The van der Waals surface area contributed by atoms with E-state index < -0.39 is 0 Å². The molecular formula is C18H16N6. The molecule has 0 spiro atoms. The Morgan fingerprint density at radius 3 is 2.88 bits per heavy atom. The lowest BCUT2D eigenvalue weighted by Crippen LogP contribution is -2.13. The van der Waals surface area contributed by atoms with E-state index in [-0.39, 0.29) is 0 Å². The van der Waals surface area contributed by atoms with Crippen molar-refractivity contribution in [3.63, 3.8) is 0 Å². The number of hydrogen-bond acceptors (Lipinski definition) is 5. The number of anilines is 1. The monoisotopic (exact) mass is 316 g/mol. The average Bonchev–Trinajstić information content (AvgIpc) is 3.00. The molecule has 0 saturated carbocycles. The lowest BCUT2D eigenvalue weighted by molar-refractivity contribution is 0.876. The maximum absolute atomic E-state index is 6.09. The Labute approximate surface area is 138 Å². The number of fused-ring (bicyclic) bond motifs is 3. The first-order valence-corrected chi connectivity index (χ1v) is 7.58. The summed E-state index contributed by atoms with van der Waals surface area (Å²) in [4.78, 5) is 13.1. The van der Waals surface area contributed by atoms with Crippen LogP contribution in [-0.4, -0.2) is 19.4 Å². The minimum atomic E-state index is 0.382. The number of hydrogen-bond donors (Lipinski definition) is 2. The third kappa shape index (κ3) is 2.44. The molecule has 0 amide bonds. The van der Waals surface area contributed by atoms with Crippen LogP contribution in [0, 0.1) is 0 Å². The molecule has 118 valence electrons. The third-order valence-electron chi connectivity index (χ3n) is 3.86. The second kappa shape index (κ2) is 5.66. The molecule has 0 radical (unpaired) electrons. The molecule has 6 heteroatoms. The van der Waals surface area contributed by atoms with Crippen LogP contribution in [0.25, 0.3) is 22.4 Å². The van der Waals surface area contributed by atoms with E-state index in [9.17, 15) is 0 Å². The van der Waals surface area contributed by atoms with Gasteiger partial charge in [-0.1, -0.05) is 24.8 Å². The van der Waals surface area contributed by atoms with Gasteiger partial charge >= 0.3 is 0 Å². The molecule has 3 aromatic heterocycles. The zero-order valence-corrected chi connectivity index (χ0v) is 13.0. The third-order valence-corrected chi connectivity index (χ3v) is 3.86. The van der Waals surface area contributed by atoms with Crippen molar-refractivity contribution in [2.45, 2.75) is 6.54 Å². The molecule has 24 heavy (non-hydrogen) atoms. The Bertz CT molecular complexity index is 1040. The van der Waals surface area contributed by atoms with Crippen molar-refractivity contribution in [2.24, 2.45) is 0 Å². The molecule has 4 rings (SSSR count). The molecule has 0 unspecified atom stereocenters. The number of benzene rings is 1. The predicted octanol–water partition coefficient (Wildman–Crippen LogP) is 2.62. The molecule has 4 aromatic rings. The van der Waals surface area contributed by atoms with Crippen LogP contribution in [0.1, 0.15) is 11.3 Å². The van der Waals surface area contributed by atoms with Crippen LogP contribution >= 0.6 is 0 Å². The molecule has 0 bridgehead atoms. The van der Waals surface area contributed by atoms with E-state index in [0.29, 0.717) is 29.4 Å². The summed E-state index contributed by atoms with van der Waals surface area (Å²) in [5.41, 5.74) is 11.1. The largest absolute Gasteiger partial charge is 0.381 e. The van der Waals surface area contributed by atoms with Gasteiger partial charge in [0.2, 0.25) is 0 Å². The van der Waals surface area contributed by atoms with Crippen LogP contribution < -0.4 is 11.1 Å².